The van der Waals surface area contributed by atoms with Gasteiger partial charge in [0.15, 0.2) is 10.8 Å². The Labute approximate surface area is 201 Å². The van der Waals surface area contributed by atoms with E-state index in [1.54, 1.807) is 30.5 Å². The summed E-state index contributed by atoms with van der Waals surface area (Å²) in [7, 11) is 0. The van der Waals surface area contributed by atoms with Crippen LogP contribution in [0.2, 0.25) is 5.02 Å². The lowest BCUT2D eigenvalue weighted by atomic mass is 10.2. The number of thiophene rings is 1. The van der Waals surface area contributed by atoms with Crippen molar-refractivity contribution in [1.82, 2.24) is 15.0 Å². The van der Waals surface area contributed by atoms with Gasteiger partial charge in [0.2, 0.25) is 0 Å². The molecule has 3 heterocycles. The largest absolute Gasteiger partial charge is 0.487 e. The Morgan fingerprint density at radius 1 is 1.09 bits per heavy atom. The highest BCUT2D eigenvalue weighted by molar-refractivity contribution is 7.20. The number of ether oxygens (including phenoxy) is 1. The van der Waals surface area contributed by atoms with Crippen molar-refractivity contribution in [3.63, 3.8) is 0 Å². The van der Waals surface area contributed by atoms with Gasteiger partial charge >= 0.3 is 0 Å². The number of nitrogen functional groups attached to an aromatic ring is 1. The Morgan fingerprint density at radius 3 is 2.79 bits per heavy atom. The number of halogens is 2. The molecule has 0 aliphatic carbocycles. The van der Waals surface area contributed by atoms with Gasteiger partial charge in [-0.05, 0) is 53.8 Å². The zero-order valence-electron chi connectivity index (χ0n) is 16.9. The minimum atomic E-state index is -0.312. The fraction of sp³-hybridized carbons (Fsp3) is 0.0417. The molecule has 5 rings (SSSR count). The van der Waals surface area contributed by atoms with Crippen LogP contribution in [0.25, 0.3) is 21.6 Å². The lowest BCUT2D eigenvalue weighted by molar-refractivity contribution is 0.306. The molecule has 0 spiro atoms. The van der Waals surface area contributed by atoms with Crippen LogP contribution in [0.1, 0.15) is 15.4 Å². The molecule has 0 amide bonds. The Kier molecular flexibility index (Phi) is 5.92. The Balaban J connectivity index is 1.39. The van der Waals surface area contributed by atoms with E-state index in [-0.39, 0.29) is 12.4 Å². The van der Waals surface area contributed by atoms with Gasteiger partial charge < -0.3 is 10.5 Å². The lowest BCUT2D eigenvalue weighted by Gasteiger charge is -2.10. The molecule has 9 heteroatoms. The van der Waals surface area contributed by atoms with Crippen molar-refractivity contribution in [2.45, 2.75) is 6.61 Å². The Morgan fingerprint density at radius 2 is 2.00 bits per heavy atom. The summed E-state index contributed by atoms with van der Waals surface area (Å²) >= 11 is 9.35. The topological polar surface area (TPSA) is 73.9 Å². The van der Waals surface area contributed by atoms with E-state index in [2.05, 4.69) is 26.8 Å². The number of nitrogens with two attached hydrogens (primary N) is 1. The van der Waals surface area contributed by atoms with Gasteiger partial charge in [-0.15, -0.1) is 22.7 Å². The van der Waals surface area contributed by atoms with Crippen molar-refractivity contribution in [3.05, 3.63) is 86.4 Å². The van der Waals surface area contributed by atoms with Crippen molar-refractivity contribution in [1.29, 1.82) is 0 Å². The third-order valence-electron chi connectivity index (χ3n) is 4.60. The van der Waals surface area contributed by atoms with E-state index >= 15 is 0 Å². The van der Waals surface area contributed by atoms with Crippen molar-refractivity contribution < 1.29 is 9.13 Å². The van der Waals surface area contributed by atoms with Gasteiger partial charge in [-0.2, -0.15) is 0 Å². The molecule has 0 aliphatic heterocycles. The van der Waals surface area contributed by atoms with E-state index in [0.717, 1.165) is 14.6 Å². The molecule has 3 aromatic heterocycles. The highest BCUT2D eigenvalue weighted by atomic mass is 35.5. The maximum Gasteiger partial charge on any atom is 0.167 e. The summed E-state index contributed by atoms with van der Waals surface area (Å²) in [5.41, 5.74) is 8.33. The van der Waals surface area contributed by atoms with Crippen molar-refractivity contribution >= 4 is 50.3 Å². The summed E-state index contributed by atoms with van der Waals surface area (Å²) in [6.45, 7) is 0.200. The van der Waals surface area contributed by atoms with E-state index in [1.807, 2.05) is 17.5 Å². The summed E-state index contributed by atoms with van der Waals surface area (Å²) in [4.78, 5) is 14.1. The van der Waals surface area contributed by atoms with Gasteiger partial charge in [-0.3, -0.25) is 0 Å². The zero-order valence-corrected chi connectivity index (χ0v) is 19.3. The molecule has 0 fully saturated rings. The molecule has 0 aliphatic rings. The predicted octanol–water partition coefficient (Wildman–Crippen LogP) is 6.17. The van der Waals surface area contributed by atoms with Crippen LogP contribution in [0, 0.1) is 17.7 Å². The van der Waals surface area contributed by atoms with Crippen LogP contribution in [-0.2, 0) is 6.61 Å². The molecule has 33 heavy (non-hydrogen) atoms. The van der Waals surface area contributed by atoms with Gasteiger partial charge in [0.25, 0.3) is 0 Å². The first-order valence-corrected chi connectivity index (χ1v) is 11.8. The normalized spacial score (nSPS) is 10.7. The maximum absolute atomic E-state index is 13.4. The molecule has 5 nitrogen and oxygen atoms in total. The van der Waals surface area contributed by atoms with Crippen LogP contribution in [0.5, 0.6) is 5.75 Å². The highest BCUT2D eigenvalue weighted by Crippen LogP contribution is 2.33. The summed E-state index contributed by atoms with van der Waals surface area (Å²) < 4.78 is 19.9. The number of hydrogen-bond donors (Lipinski definition) is 1. The second kappa shape index (κ2) is 9.16. The molecular formula is C24H14ClFN4OS2. The van der Waals surface area contributed by atoms with Gasteiger partial charge in [-0.25, -0.2) is 19.3 Å². The van der Waals surface area contributed by atoms with Crippen LogP contribution in [0.4, 0.5) is 10.2 Å². The summed E-state index contributed by atoms with van der Waals surface area (Å²) in [6.07, 6.45) is 1.72. The average molecular weight is 493 g/mol. The number of anilines is 1. The minimum absolute atomic E-state index is 0.200. The number of fused-ring (bicyclic) bond motifs is 1. The van der Waals surface area contributed by atoms with Gasteiger partial charge in [0.1, 0.15) is 24.0 Å². The molecule has 0 saturated heterocycles. The molecular weight excluding hydrogens is 479 g/mol. The van der Waals surface area contributed by atoms with E-state index < -0.39 is 0 Å². The second-order valence-electron chi connectivity index (χ2n) is 6.91. The van der Waals surface area contributed by atoms with Crippen LogP contribution >= 0.6 is 34.3 Å². The molecule has 0 bridgehead atoms. The van der Waals surface area contributed by atoms with E-state index in [4.69, 9.17) is 22.1 Å². The molecule has 0 unspecified atom stereocenters. The number of benzene rings is 2. The van der Waals surface area contributed by atoms with Gasteiger partial charge in [-0.1, -0.05) is 23.7 Å². The maximum atomic E-state index is 13.4. The van der Waals surface area contributed by atoms with Gasteiger partial charge in [0.05, 0.1) is 20.1 Å². The molecule has 2 N–H and O–H groups in total. The second-order valence-corrected chi connectivity index (χ2v) is 9.26. The predicted molar refractivity (Wildman–Crippen MR) is 131 cm³/mol. The number of aromatic nitrogens is 3. The number of hydrogen-bond acceptors (Lipinski definition) is 7. The molecule has 0 atom stereocenters. The van der Waals surface area contributed by atoms with Crippen LogP contribution in [0.3, 0.4) is 0 Å². The summed E-state index contributed by atoms with van der Waals surface area (Å²) in [5.74, 6) is 7.14. The van der Waals surface area contributed by atoms with Crippen molar-refractivity contribution in [2.24, 2.45) is 0 Å². The van der Waals surface area contributed by atoms with E-state index in [9.17, 15) is 4.39 Å². The third kappa shape index (κ3) is 4.81. The van der Waals surface area contributed by atoms with Crippen molar-refractivity contribution in [3.8, 4) is 29.0 Å². The standard InChI is InChI=1S/C24H14ClFN4OS2/c25-18-11-15(4-6-20(18)31-13-14-2-1-3-16(26)10-14)24-29-19-12-17(33-22(19)23(27)30-24)5-7-21-28-8-9-32-21/h1-4,6,8-12H,13H2,(H2,27,29,30). The average Bonchev–Trinajstić information content (AvgIpc) is 3.47. The molecule has 0 saturated carbocycles. The first-order chi connectivity index (χ1) is 16.0. The van der Waals surface area contributed by atoms with Gasteiger partial charge in [0, 0.05) is 17.1 Å². The molecule has 5 aromatic rings. The quantitative estimate of drug-likeness (QED) is 0.304. The third-order valence-corrected chi connectivity index (χ3v) is 6.64. The highest BCUT2D eigenvalue weighted by Gasteiger charge is 2.13. The summed E-state index contributed by atoms with van der Waals surface area (Å²) in [6, 6.07) is 13.4. The number of nitrogens with zero attached hydrogens (tertiary/aromatic N) is 3. The first kappa shape index (κ1) is 21.3. The van der Waals surface area contributed by atoms with E-state index in [1.165, 1.54) is 34.8 Å². The van der Waals surface area contributed by atoms with Crippen LogP contribution in [-0.4, -0.2) is 15.0 Å². The lowest BCUT2D eigenvalue weighted by Crippen LogP contribution is -1.98. The minimum Gasteiger partial charge on any atom is -0.487 e. The molecule has 162 valence electrons. The van der Waals surface area contributed by atoms with E-state index in [0.29, 0.717) is 39.1 Å². The van der Waals surface area contributed by atoms with Crippen molar-refractivity contribution in [2.75, 3.05) is 5.73 Å². The van der Waals surface area contributed by atoms with Crippen LogP contribution in [0.15, 0.2) is 60.1 Å². The fourth-order valence-corrected chi connectivity index (χ4v) is 4.66. The van der Waals surface area contributed by atoms with Crippen LogP contribution < -0.4 is 10.5 Å². The Bertz CT molecular complexity index is 1520. The monoisotopic (exact) mass is 492 g/mol. The first-order valence-electron chi connectivity index (χ1n) is 9.71. The SMILES string of the molecule is Nc1nc(-c2ccc(OCc3cccc(F)c3)c(Cl)c2)nc2cc(C#Cc3nccs3)sc12. The fourth-order valence-electron chi connectivity index (χ4n) is 3.09. The summed E-state index contributed by atoms with van der Waals surface area (Å²) in [5, 5.41) is 3.03. The number of thiazole rings is 1. The number of rotatable bonds is 4. The zero-order chi connectivity index (χ0) is 22.8. The smallest absolute Gasteiger partial charge is 0.167 e. The molecule has 2 aromatic carbocycles. The molecule has 0 radical (unpaired) electrons. The Hall–Kier alpha value is -3.51.